The molecular weight excluding hydrogens is 261 g/mol. The van der Waals surface area contributed by atoms with Gasteiger partial charge < -0.3 is 14.6 Å². The topological polar surface area (TPSA) is 51.6 Å². The Bertz CT molecular complexity index is 587. The maximum absolute atomic E-state index is 13.2. The SMILES string of the molecule is COc1cccc(COc2ccc(F)cc2[C@@H](C)O)n1. The highest BCUT2D eigenvalue weighted by Crippen LogP contribution is 2.26. The van der Waals surface area contributed by atoms with Crippen molar-refractivity contribution in [3.63, 3.8) is 0 Å². The van der Waals surface area contributed by atoms with Gasteiger partial charge in [0.1, 0.15) is 18.2 Å². The van der Waals surface area contributed by atoms with Crippen molar-refractivity contribution in [2.24, 2.45) is 0 Å². The molecular formula is C15H16FNO3. The number of benzene rings is 1. The predicted molar refractivity (Wildman–Crippen MR) is 72.2 cm³/mol. The van der Waals surface area contributed by atoms with Crippen molar-refractivity contribution < 1.29 is 19.0 Å². The smallest absolute Gasteiger partial charge is 0.213 e. The fraction of sp³-hybridized carbons (Fsp3) is 0.267. The number of rotatable bonds is 5. The second-order valence-corrected chi connectivity index (χ2v) is 4.32. The lowest BCUT2D eigenvalue weighted by molar-refractivity contribution is 0.189. The van der Waals surface area contributed by atoms with Gasteiger partial charge in [-0.3, -0.25) is 0 Å². The van der Waals surface area contributed by atoms with Gasteiger partial charge in [-0.05, 0) is 31.2 Å². The van der Waals surface area contributed by atoms with Crippen molar-refractivity contribution in [3.05, 3.63) is 53.5 Å². The van der Waals surface area contributed by atoms with Gasteiger partial charge in [-0.1, -0.05) is 6.07 Å². The summed E-state index contributed by atoms with van der Waals surface area (Å²) >= 11 is 0. The molecule has 2 rings (SSSR count). The highest BCUT2D eigenvalue weighted by Gasteiger charge is 2.11. The van der Waals surface area contributed by atoms with Crippen molar-refractivity contribution in [1.82, 2.24) is 4.98 Å². The highest BCUT2D eigenvalue weighted by atomic mass is 19.1. The molecule has 0 spiro atoms. The number of hydrogen-bond donors (Lipinski definition) is 1. The summed E-state index contributed by atoms with van der Waals surface area (Å²) in [5.41, 5.74) is 1.10. The number of ether oxygens (including phenoxy) is 2. The standard InChI is InChI=1S/C15H16FNO3/c1-10(18)13-8-11(16)6-7-14(13)20-9-12-4-3-5-15(17-12)19-2/h3-8,10,18H,9H2,1-2H3/t10-/m1/s1. The molecule has 106 valence electrons. The summed E-state index contributed by atoms with van der Waals surface area (Å²) in [5.74, 6) is 0.528. The summed E-state index contributed by atoms with van der Waals surface area (Å²) in [7, 11) is 1.54. The van der Waals surface area contributed by atoms with Crippen LogP contribution in [0, 0.1) is 5.82 Å². The fourth-order valence-corrected chi connectivity index (χ4v) is 1.78. The molecule has 0 unspecified atom stereocenters. The van der Waals surface area contributed by atoms with E-state index in [1.54, 1.807) is 26.2 Å². The first-order valence-electron chi connectivity index (χ1n) is 6.20. The Labute approximate surface area is 116 Å². The lowest BCUT2D eigenvalue weighted by Gasteiger charge is -2.13. The summed E-state index contributed by atoms with van der Waals surface area (Å²) in [5, 5.41) is 9.63. The summed E-state index contributed by atoms with van der Waals surface area (Å²) in [6.45, 7) is 1.77. The van der Waals surface area contributed by atoms with E-state index in [-0.39, 0.29) is 6.61 Å². The zero-order chi connectivity index (χ0) is 14.5. The third kappa shape index (κ3) is 3.45. The van der Waals surface area contributed by atoms with Crippen LogP contribution in [0.15, 0.2) is 36.4 Å². The Morgan fingerprint density at radius 1 is 1.30 bits per heavy atom. The van der Waals surface area contributed by atoms with E-state index in [2.05, 4.69) is 4.98 Å². The lowest BCUT2D eigenvalue weighted by atomic mass is 10.1. The second kappa shape index (κ2) is 6.34. The van der Waals surface area contributed by atoms with Gasteiger partial charge in [-0.25, -0.2) is 9.37 Å². The zero-order valence-corrected chi connectivity index (χ0v) is 11.3. The van der Waals surface area contributed by atoms with E-state index >= 15 is 0 Å². The van der Waals surface area contributed by atoms with Crippen LogP contribution in [0.4, 0.5) is 4.39 Å². The molecule has 0 fully saturated rings. The van der Waals surface area contributed by atoms with Gasteiger partial charge >= 0.3 is 0 Å². The van der Waals surface area contributed by atoms with Crippen LogP contribution in [-0.2, 0) is 6.61 Å². The van der Waals surface area contributed by atoms with Gasteiger partial charge in [0.05, 0.1) is 18.9 Å². The van der Waals surface area contributed by atoms with Crippen molar-refractivity contribution in [1.29, 1.82) is 0 Å². The molecule has 5 heteroatoms. The predicted octanol–water partition coefficient (Wildman–Crippen LogP) is 2.86. The maximum Gasteiger partial charge on any atom is 0.213 e. The minimum atomic E-state index is -0.807. The molecule has 0 amide bonds. The Morgan fingerprint density at radius 3 is 2.80 bits per heavy atom. The van der Waals surface area contributed by atoms with Crippen LogP contribution in [0.3, 0.4) is 0 Å². The number of methoxy groups -OCH3 is 1. The molecule has 1 heterocycles. The Balaban J connectivity index is 2.14. The normalized spacial score (nSPS) is 12.0. The molecule has 1 aromatic heterocycles. The van der Waals surface area contributed by atoms with E-state index in [0.29, 0.717) is 22.9 Å². The summed E-state index contributed by atoms with van der Waals surface area (Å²) in [6.07, 6.45) is -0.807. The minimum absolute atomic E-state index is 0.211. The molecule has 20 heavy (non-hydrogen) atoms. The lowest BCUT2D eigenvalue weighted by Crippen LogP contribution is -2.03. The summed E-state index contributed by atoms with van der Waals surface area (Å²) < 4.78 is 23.8. The van der Waals surface area contributed by atoms with Crippen molar-refractivity contribution in [3.8, 4) is 11.6 Å². The third-order valence-corrected chi connectivity index (χ3v) is 2.79. The molecule has 1 aromatic carbocycles. The van der Waals surface area contributed by atoms with Crippen LogP contribution in [-0.4, -0.2) is 17.2 Å². The van der Waals surface area contributed by atoms with Crippen molar-refractivity contribution in [2.45, 2.75) is 19.6 Å². The number of hydrogen-bond acceptors (Lipinski definition) is 4. The number of nitrogens with zero attached hydrogens (tertiary/aromatic N) is 1. The van der Waals surface area contributed by atoms with Gasteiger partial charge in [-0.2, -0.15) is 0 Å². The van der Waals surface area contributed by atoms with Crippen LogP contribution in [0.2, 0.25) is 0 Å². The van der Waals surface area contributed by atoms with Gasteiger partial charge in [0.25, 0.3) is 0 Å². The Kier molecular flexibility index (Phi) is 4.53. The van der Waals surface area contributed by atoms with Gasteiger partial charge in [0.15, 0.2) is 0 Å². The average molecular weight is 277 g/mol. The van der Waals surface area contributed by atoms with Gasteiger partial charge in [-0.15, -0.1) is 0 Å². The molecule has 0 radical (unpaired) electrons. The van der Waals surface area contributed by atoms with Crippen molar-refractivity contribution in [2.75, 3.05) is 7.11 Å². The van der Waals surface area contributed by atoms with Crippen LogP contribution in [0.5, 0.6) is 11.6 Å². The van der Waals surface area contributed by atoms with Crippen LogP contribution in [0.25, 0.3) is 0 Å². The molecule has 0 saturated carbocycles. The first-order chi connectivity index (χ1) is 9.60. The second-order valence-electron chi connectivity index (χ2n) is 4.32. The quantitative estimate of drug-likeness (QED) is 0.913. The minimum Gasteiger partial charge on any atom is -0.487 e. The van der Waals surface area contributed by atoms with E-state index < -0.39 is 11.9 Å². The first-order valence-corrected chi connectivity index (χ1v) is 6.20. The number of aliphatic hydroxyl groups excluding tert-OH is 1. The van der Waals surface area contributed by atoms with Crippen LogP contribution in [0.1, 0.15) is 24.3 Å². The van der Waals surface area contributed by atoms with Crippen LogP contribution >= 0.6 is 0 Å². The molecule has 0 aliphatic heterocycles. The molecule has 0 aliphatic carbocycles. The first kappa shape index (κ1) is 14.3. The molecule has 0 saturated heterocycles. The highest BCUT2D eigenvalue weighted by molar-refractivity contribution is 5.35. The molecule has 1 atom stereocenters. The van der Waals surface area contributed by atoms with E-state index in [0.717, 1.165) is 0 Å². The molecule has 1 N–H and O–H groups in total. The molecule has 2 aromatic rings. The number of aromatic nitrogens is 1. The number of aliphatic hydroxyl groups is 1. The number of halogens is 1. The largest absolute Gasteiger partial charge is 0.487 e. The monoisotopic (exact) mass is 277 g/mol. The van der Waals surface area contributed by atoms with Crippen LogP contribution < -0.4 is 9.47 Å². The van der Waals surface area contributed by atoms with E-state index in [4.69, 9.17) is 9.47 Å². The summed E-state index contributed by atoms with van der Waals surface area (Å²) in [6, 6.07) is 9.40. The molecule has 0 aliphatic rings. The van der Waals surface area contributed by atoms with Crippen molar-refractivity contribution >= 4 is 0 Å². The van der Waals surface area contributed by atoms with Gasteiger partial charge in [0.2, 0.25) is 5.88 Å². The number of pyridine rings is 1. The molecule has 4 nitrogen and oxygen atoms in total. The fourth-order valence-electron chi connectivity index (χ4n) is 1.78. The Morgan fingerprint density at radius 2 is 2.10 bits per heavy atom. The Hall–Kier alpha value is -2.14. The molecule has 0 bridgehead atoms. The average Bonchev–Trinajstić information content (AvgIpc) is 2.46. The zero-order valence-electron chi connectivity index (χ0n) is 11.3. The van der Waals surface area contributed by atoms with E-state index in [1.165, 1.54) is 18.2 Å². The van der Waals surface area contributed by atoms with E-state index in [9.17, 15) is 9.50 Å². The maximum atomic E-state index is 13.2. The van der Waals surface area contributed by atoms with Gasteiger partial charge in [0, 0.05) is 11.6 Å². The van der Waals surface area contributed by atoms with E-state index in [1.807, 2.05) is 6.07 Å². The summed E-state index contributed by atoms with van der Waals surface area (Å²) in [4.78, 5) is 4.21. The third-order valence-electron chi connectivity index (χ3n) is 2.79.